The Bertz CT molecular complexity index is 322. The van der Waals surface area contributed by atoms with Gasteiger partial charge in [0.05, 0.1) is 12.4 Å². The first kappa shape index (κ1) is 10.1. The number of aldehydes is 1. The molecule has 0 bridgehead atoms. The normalized spacial score (nSPS) is 26.4. The van der Waals surface area contributed by atoms with E-state index in [0.717, 1.165) is 23.5 Å². The molecule has 1 aromatic heterocycles. The zero-order valence-electron chi connectivity index (χ0n) is 7.93. The fraction of sp³-hybridized carbons (Fsp3) is 0.500. The van der Waals surface area contributed by atoms with Crippen LogP contribution >= 0.6 is 23.1 Å². The molecule has 0 saturated carbocycles. The molecule has 0 amide bonds. The standard InChI is InChI=1S/C10H12O2S2/c1-12-10-3-2-9(14-10)7-4-8(5-11)13-6-7/h2-3,5,7-8H,4,6H2,1H3. The van der Waals surface area contributed by atoms with E-state index < -0.39 is 0 Å². The predicted octanol–water partition coefficient (Wildman–Crippen LogP) is 2.54. The lowest BCUT2D eigenvalue weighted by Crippen LogP contribution is -1.99. The van der Waals surface area contributed by atoms with Crippen LogP contribution in [-0.2, 0) is 4.79 Å². The summed E-state index contributed by atoms with van der Waals surface area (Å²) in [5.74, 6) is 1.61. The molecule has 4 heteroatoms. The summed E-state index contributed by atoms with van der Waals surface area (Å²) in [4.78, 5) is 11.9. The molecule has 2 heterocycles. The maximum atomic E-state index is 10.6. The highest BCUT2D eigenvalue weighted by Gasteiger charge is 2.27. The van der Waals surface area contributed by atoms with Crippen LogP contribution in [0, 0.1) is 0 Å². The predicted molar refractivity (Wildman–Crippen MR) is 60.5 cm³/mol. The van der Waals surface area contributed by atoms with E-state index in [1.165, 1.54) is 4.88 Å². The van der Waals surface area contributed by atoms with Crippen molar-refractivity contribution >= 4 is 29.4 Å². The van der Waals surface area contributed by atoms with Crippen molar-refractivity contribution in [1.82, 2.24) is 0 Å². The van der Waals surface area contributed by atoms with Crippen LogP contribution in [0.5, 0.6) is 5.06 Å². The Kier molecular flexibility index (Phi) is 3.13. The summed E-state index contributed by atoms with van der Waals surface area (Å²) >= 11 is 3.45. The number of ether oxygens (including phenoxy) is 1. The first-order valence-electron chi connectivity index (χ1n) is 4.54. The molecule has 1 aromatic rings. The molecular formula is C10H12O2S2. The zero-order chi connectivity index (χ0) is 9.97. The first-order chi connectivity index (χ1) is 6.83. The molecule has 1 aliphatic rings. The zero-order valence-corrected chi connectivity index (χ0v) is 9.57. The lowest BCUT2D eigenvalue weighted by atomic mass is 10.0. The molecule has 14 heavy (non-hydrogen) atoms. The van der Waals surface area contributed by atoms with Crippen LogP contribution in [-0.4, -0.2) is 24.4 Å². The van der Waals surface area contributed by atoms with Crippen LogP contribution in [0.4, 0.5) is 0 Å². The van der Waals surface area contributed by atoms with Crippen molar-refractivity contribution < 1.29 is 9.53 Å². The molecule has 2 atom stereocenters. The van der Waals surface area contributed by atoms with Gasteiger partial charge in [0, 0.05) is 16.5 Å². The quantitative estimate of drug-likeness (QED) is 0.744. The molecule has 2 nitrogen and oxygen atoms in total. The minimum atomic E-state index is 0.202. The summed E-state index contributed by atoms with van der Waals surface area (Å²) in [6.45, 7) is 0. The van der Waals surface area contributed by atoms with Crippen molar-refractivity contribution in [3.05, 3.63) is 17.0 Å². The monoisotopic (exact) mass is 228 g/mol. The van der Waals surface area contributed by atoms with E-state index in [4.69, 9.17) is 4.74 Å². The van der Waals surface area contributed by atoms with Gasteiger partial charge >= 0.3 is 0 Å². The molecule has 1 saturated heterocycles. The molecule has 2 unspecified atom stereocenters. The van der Waals surface area contributed by atoms with Gasteiger partial charge in [-0.3, -0.25) is 0 Å². The highest BCUT2D eigenvalue weighted by atomic mass is 32.2. The Morgan fingerprint density at radius 3 is 3.00 bits per heavy atom. The topological polar surface area (TPSA) is 26.3 Å². The minimum Gasteiger partial charge on any atom is -0.487 e. The van der Waals surface area contributed by atoms with Gasteiger partial charge in [-0.2, -0.15) is 11.8 Å². The van der Waals surface area contributed by atoms with E-state index in [9.17, 15) is 4.79 Å². The fourth-order valence-corrected chi connectivity index (χ4v) is 3.89. The van der Waals surface area contributed by atoms with Crippen LogP contribution in [0.2, 0.25) is 0 Å². The average Bonchev–Trinajstić information content (AvgIpc) is 2.86. The van der Waals surface area contributed by atoms with Crippen molar-refractivity contribution in [2.45, 2.75) is 17.6 Å². The Morgan fingerprint density at radius 1 is 1.57 bits per heavy atom. The smallest absolute Gasteiger partial charge is 0.173 e. The number of rotatable bonds is 3. The van der Waals surface area contributed by atoms with Gasteiger partial charge in [-0.25, -0.2) is 0 Å². The maximum absolute atomic E-state index is 10.6. The molecule has 0 spiro atoms. The summed E-state index contributed by atoms with van der Waals surface area (Å²) in [5, 5.41) is 1.16. The van der Waals surface area contributed by atoms with E-state index in [1.54, 1.807) is 30.2 Å². The van der Waals surface area contributed by atoms with Crippen LogP contribution < -0.4 is 4.74 Å². The third kappa shape index (κ3) is 1.96. The van der Waals surface area contributed by atoms with Crippen molar-refractivity contribution in [3.63, 3.8) is 0 Å². The highest BCUT2D eigenvalue weighted by Crippen LogP contribution is 2.41. The van der Waals surface area contributed by atoms with Crippen molar-refractivity contribution in [3.8, 4) is 5.06 Å². The van der Waals surface area contributed by atoms with Crippen LogP contribution in [0.1, 0.15) is 17.2 Å². The summed E-state index contributed by atoms with van der Waals surface area (Å²) in [5.41, 5.74) is 0. The molecule has 0 aromatic carbocycles. The van der Waals surface area contributed by atoms with Crippen LogP contribution in [0.3, 0.4) is 0 Å². The van der Waals surface area contributed by atoms with Gasteiger partial charge in [-0.15, -0.1) is 11.3 Å². The molecule has 76 valence electrons. The minimum absolute atomic E-state index is 0.202. The number of carbonyl (C=O) groups is 1. The second-order valence-electron chi connectivity index (χ2n) is 3.30. The lowest BCUT2D eigenvalue weighted by molar-refractivity contribution is -0.107. The van der Waals surface area contributed by atoms with Gasteiger partial charge in [-0.1, -0.05) is 0 Å². The third-order valence-corrected chi connectivity index (χ3v) is 4.92. The Morgan fingerprint density at radius 2 is 2.43 bits per heavy atom. The molecule has 1 fully saturated rings. The summed E-state index contributed by atoms with van der Waals surface area (Å²) in [6.07, 6.45) is 2.05. The van der Waals surface area contributed by atoms with Gasteiger partial charge in [0.25, 0.3) is 0 Å². The SMILES string of the molecule is COc1ccc(C2CSC(C=O)C2)s1. The van der Waals surface area contributed by atoms with Crippen molar-refractivity contribution in [1.29, 1.82) is 0 Å². The van der Waals surface area contributed by atoms with E-state index in [-0.39, 0.29) is 5.25 Å². The Balaban J connectivity index is 2.05. The number of methoxy groups -OCH3 is 1. The second-order valence-corrected chi connectivity index (χ2v) is 5.65. The number of hydrogen-bond acceptors (Lipinski definition) is 4. The van der Waals surface area contributed by atoms with Crippen LogP contribution in [0.15, 0.2) is 12.1 Å². The van der Waals surface area contributed by atoms with Crippen LogP contribution in [0.25, 0.3) is 0 Å². The number of thioether (sulfide) groups is 1. The van der Waals surface area contributed by atoms with E-state index >= 15 is 0 Å². The molecular weight excluding hydrogens is 216 g/mol. The van der Waals surface area contributed by atoms with Crippen molar-refractivity contribution in [2.24, 2.45) is 0 Å². The highest BCUT2D eigenvalue weighted by molar-refractivity contribution is 8.00. The average molecular weight is 228 g/mol. The summed E-state index contributed by atoms with van der Waals surface area (Å²) in [6, 6.07) is 4.11. The van der Waals surface area contributed by atoms with E-state index in [2.05, 4.69) is 6.07 Å². The first-order valence-corrected chi connectivity index (χ1v) is 6.40. The van der Waals surface area contributed by atoms with E-state index in [0.29, 0.717) is 5.92 Å². The van der Waals surface area contributed by atoms with Gasteiger partial charge in [0.15, 0.2) is 5.06 Å². The van der Waals surface area contributed by atoms with E-state index in [1.807, 2.05) is 6.07 Å². The summed E-state index contributed by atoms with van der Waals surface area (Å²) < 4.78 is 5.15. The maximum Gasteiger partial charge on any atom is 0.173 e. The largest absolute Gasteiger partial charge is 0.487 e. The molecule has 0 aliphatic carbocycles. The number of carbonyl (C=O) groups excluding carboxylic acids is 1. The molecule has 2 rings (SSSR count). The van der Waals surface area contributed by atoms with Gasteiger partial charge in [0.2, 0.25) is 0 Å². The molecule has 0 N–H and O–H groups in total. The lowest BCUT2D eigenvalue weighted by Gasteiger charge is -2.03. The Labute approximate surface area is 91.7 Å². The number of thiophene rings is 1. The van der Waals surface area contributed by atoms with Crippen molar-refractivity contribution in [2.75, 3.05) is 12.9 Å². The summed E-state index contributed by atoms with van der Waals surface area (Å²) in [7, 11) is 1.69. The fourth-order valence-electron chi connectivity index (χ4n) is 1.61. The molecule has 1 aliphatic heterocycles. The van der Waals surface area contributed by atoms with Gasteiger partial charge in [0.1, 0.15) is 6.29 Å². The Hall–Kier alpha value is -0.480. The molecule has 0 radical (unpaired) electrons. The van der Waals surface area contributed by atoms with Gasteiger partial charge in [-0.05, 0) is 18.6 Å². The third-order valence-electron chi connectivity index (χ3n) is 2.39. The van der Waals surface area contributed by atoms with Gasteiger partial charge < -0.3 is 9.53 Å². The number of hydrogen-bond donors (Lipinski definition) is 0. The second kappa shape index (κ2) is 4.36.